The lowest BCUT2D eigenvalue weighted by molar-refractivity contribution is -0.145. The molecular formula is C36H61NO5. The van der Waals surface area contributed by atoms with Crippen molar-refractivity contribution in [2.24, 2.45) is 0 Å². The molecule has 0 aliphatic rings. The molecule has 0 aliphatic heterocycles. The van der Waals surface area contributed by atoms with Crippen molar-refractivity contribution in [2.75, 3.05) is 0 Å². The molecular weight excluding hydrogens is 526 g/mol. The minimum atomic E-state index is -0.355. The molecule has 240 valence electrons. The van der Waals surface area contributed by atoms with Crippen molar-refractivity contribution in [1.29, 1.82) is 0 Å². The van der Waals surface area contributed by atoms with Gasteiger partial charge in [0.2, 0.25) is 0 Å². The van der Waals surface area contributed by atoms with Gasteiger partial charge in [-0.05, 0) is 19.8 Å². The maximum absolute atomic E-state index is 13.1. The number of carbonyl (C=O) groups is 3. The van der Waals surface area contributed by atoms with E-state index >= 15 is 0 Å². The third-order valence-electron chi connectivity index (χ3n) is 8.24. The smallest absolute Gasteiger partial charge is 0.306 e. The highest BCUT2D eigenvalue weighted by Crippen LogP contribution is 2.27. The molecule has 0 unspecified atom stereocenters. The number of Topliss-reactive ketones (excluding diaryl/α,β-unsaturated/α-hetero) is 1. The first-order chi connectivity index (χ1) is 20.5. The number of unbranched alkanes of at least 4 members (excludes halogenated alkanes) is 20. The molecule has 6 heteroatoms. The molecule has 0 saturated carbocycles. The molecule has 0 spiro atoms. The van der Waals surface area contributed by atoms with Gasteiger partial charge in [-0.1, -0.05) is 142 Å². The number of aryl methyl sites for hydroxylation is 1. The number of aromatic hydroxyl groups is 1. The van der Waals surface area contributed by atoms with Crippen LogP contribution in [0.3, 0.4) is 0 Å². The van der Waals surface area contributed by atoms with Crippen LogP contribution in [0.4, 0.5) is 0 Å². The Labute approximate surface area is 256 Å². The van der Waals surface area contributed by atoms with Crippen molar-refractivity contribution >= 4 is 18.0 Å². The van der Waals surface area contributed by atoms with Crippen molar-refractivity contribution in [3.05, 3.63) is 22.5 Å². The van der Waals surface area contributed by atoms with Crippen molar-refractivity contribution in [1.82, 2.24) is 4.98 Å². The Morgan fingerprint density at radius 3 is 1.50 bits per heavy atom. The number of carbonyl (C=O) groups excluding carboxylic acids is 3. The summed E-state index contributed by atoms with van der Waals surface area (Å²) in [6.45, 7) is 5.82. The summed E-state index contributed by atoms with van der Waals surface area (Å²) < 4.78 is 5.46. The lowest BCUT2D eigenvalue weighted by Crippen LogP contribution is -2.14. The van der Waals surface area contributed by atoms with Crippen LogP contribution < -0.4 is 0 Å². The maximum Gasteiger partial charge on any atom is 0.306 e. The maximum atomic E-state index is 13.1. The third kappa shape index (κ3) is 17.0. The summed E-state index contributed by atoms with van der Waals surface area (Å²) >= 11 is 0. The normalized spacial score (nSPS) is 11.1. The molecule has 0 atom stereocenters. The molecule has 1 aromatic heterocycles. The fourth-order valence-corrected chi connectivity index (χ4v) is 5.48. The van der Waals surface area contributed by atoms with Crippen molar-refractivity contribution in [2.45, 2.75) is 181 Å². The lowest BCUT2D eigenvalue weighted by Gasteiger charge is -2.14. The Bertz CT molecular complexity index is 882. The fourth-order valence-electron chi connectivity index (χ4n) is 5.48. The van der Waals surface area contributed by atoms with Crippen molar-refractivity contribution in [3.63, 3.8) is 0 Å². The predicted molar refractivity (Wildman–Crippen MR) is 172 cm³/mol. The molecule has 0 saturated heterocycles. The Balaban J connectivity index is 2.41. The van der Waals surface area contributed by atoms with Gasteiger partial charge in [-0.25, -0.2) is 4.98 Å². The van der Waals surface area contributed by atoms with Crippen LogP contribution in [0, 0.1) is 6.92 Å². The Morgan fingerprint density at radius 1 is 0.667 bits per heavy atom. The van der Waals surface area contributed by atoms with Gasteiger partial charge in [0.1, 0.15) is 18.1 Å². The molecule has 0 amide bonds. The van der Waals surface area contributed by atoms with Gasteiger partial charge in [0.15, 0.2) is 12.1 Å². The summed E-state index contributed by atoms with van der Waals surface area (Å²) in [5.41, 5.74) is 0.582. The summed E-state index contributed by atoms with van der Waals surface area (Å²) in [6, 6.07) is 0. The van der Waals surface area contributed by atoms with E-state index in [0.29, 0.717) is 19.1 Å². The average Bonchev–Trinajstić information content (AvgIpc) is 2.98. The Morgan fingerprint density at radius 2 is 1.07 bits per heavy atom. The van der Waals surface area contributed by atoms with Crippen LogP contribution in [0.25, 0.3) is 0 Å². The number of ketones is 1. The predicted octanol–water partition coefficient (Wildman–Crippen LogP) is 10.5. The zero-order valence-corrected chi connectivity index (χ0v) is 27.3. The summed E-state index contributed by atoms with van der Waals surface area (Å²) in [6.07, 6.45) is 27.6. The van der Waals surface area contributed by atoms with E-state index < -0.39 is 0 Å². The number of pyridine rings is 1. The highest BCUT2D eigenvalue weighted by molar-refractivity contribution is 5.98. The van der Waals surface area contributed by atoms with Crippen molar-refractivity contribution < 1.29 is 24.2 Å². The van der Waals surface area contributed by atoms with E-state index in [0.717, 1.165) is 38.5 Å². The fraction of sp³-hybridized carbons (Fsp3) is 0.778. The van der Waals surface area contributed by atoms with Crippen LogP contribution in [0.1, 0.15) is 200 Å². The molecule has 1 rings (SSSR count). The standard InChI is InChI=1S/C36H61NO5/c1-4-6-8-10-12-14-16-18-20-22-24-26-33(39)35-32(31(28-38)36(41)30(3)37-35)29-42-34(40)27-25-23-21-19-17-15-13-11-9-7-5-2/h28,41H,4-27,29H2,1-3H3. The number of ether oxygens (including phenoxy) is 1. The summed E-state index contributed by atoms with van der Waals surface area (Å²) in [5, 5.41) is 10.4. The van der Waals surface area contributed by atoms with E-state index in [1.165, 1.54) is 103 Å². The minimum Gasteiger partial charge on any atom is -0.505 e. The molecule has 42 heavy (non-hydrogen) atoms. The summed E-state index contributed by atoms with van der Waals surface area (Å²) in [5.74, 6) is -0.784. The van der Waals surface area contributed by atoms with Gasteiger partial charge in [0.05, 0.1) is 11.3 Å². The van der Waals surface area contributed by atoms with Gasteiger partial charge in [-0.2, -0.15) is 0 Å². The number of hydrogen-bond acceptors (Lipinski definition) is 6. The van der Waals surface area contributed by atoms with Gasteiger partial charge in [-0.15, -0.1) is 0 Å². The number of aromatic nitrogens is 1. The number of rotatable bonds is 28. The first-order valence-corrected chi connectivity index (χ1v) is 17.3. The zero-order valence-electron chi connectivity index (χ0n) is 27.3. The number of nitrogens with zero attached hydrogens (tertiary/aromatic N) is 1. The molecule has 0 radical (unpaired) electrons. The second-order valence-electron chi connectivity index (χ2n) is 12.1. The van der Waals surface area contributed by atoms with E-state index in [1.807, 2.05) is 0 Å². The largest absolute Gasteiger partial charge is 0.505 e. The van der Waals surface area contributed by atoms with Gasteiger partial charge < -0.3 is 9.84 Å². The Kier molecular flexibility index (Phi) is 22.7. The van der Waals surface area contributed by atoms with Crippen molar-refractivity contribution in [3.8, 4) is 5.75 Å². The zero-order chi connectivity index (χ0) is 30.8. The summed E-state index contributed by atoms with van der Waals surface area (Å²) in [7, 11) is 0. The van der Waals surface area contributed by atoms with Gasteiger partial charge in [0, 0.05) is 18.4 Å². The quantitative estimate of drug-likeness (QED) is 0.0453. The van der Waals surface area contributed by atoms with E-state index in [-0.39, 0.29) is 46.6 Å². The Hall–Kier alpha value is -2.24. The summed E-state index contributed by atoms with van der Waals surface area (Å²) in [4.78, 5) is 41.6. The van der Waals surface area contributed by atoms with Gasteiger partial charge in [-0.3, -0.25) is 14.4 Å². The number of aldehydes is 1. The van der Waals surface area contributed by atoms with E-state index in [9.17, 15) is 19.5 Å². The van der Waals surface area contributed by atoms with E-state index in [1.54, 1.807) is 6.92 Å². The third-order valence-corrected chi connectivity index (χ3v) is 8.24. The second kappa shape index (κ2) is 25.3. The number of esters is 1. The van der Waals surface area contributed by atoms with Crippen LogP contribution >= 0.6 is 0 Å². The second-order valence-corrected chi connectivity index (χ2v) is 12.1. The molecule has 1 N–H and O–H groups in total. The highest BCUT2D eigenvalue weighted by Gasteiger charge is 2.22. The molecule has 0 aromatic carbocycles. The molecule has 1 heterocycles. The lowest BCUT2D eigenvalue weighted by atomic mass is 9.99. The first kappa shape index (κ1) is 37.8. The molecule has 0 bridgehead atoms. The SMILES string of the molecule is CCCCCCCCCCCCCC(=O)OCc1c(C(=O)CCCCCCCCCCCCC)nc(C)c(O)c1C=O. The van der Waals surface area contributed by atoms with E-state index in [2.05, 4.69) is 18.8 Å². The van der Waals surface area contributed by atoms with Crippen LogP contribution in [-0.2, 0) is 16.1 Å². The topological polar surface area (TPSA) is 93.6 Å². The van der Waals surface area contributed by atoms with E-state index in [4.69, 9.17) is 4.74 Å². The van der Waals surface area contributed by atoms with Crippen LogP contribution in [0.5, 0.6) is 5.75 Å². The minimum absolute atomic E-state index is 0.00715. The molecule has 0 fully saturated rings. The highest BCUT2D eigenvalue weighted by atomic mass is 16.5. The van der Waals surface area contributed by atoms with Crippen LogP contribution in [-0.4, -0.2) is 28.1 Å². The monoisotopic (exact) mass is 587 g/mol. The number of hydrogen-bond donors (Lipinski definition) is 1. The van der Waals surface area contributed by atoms with Crippen LogP contribution in [0.2, 0.25) is 0 Å². The molecule has 0 aliphatic carbocycles. The average molecular weight is 588 g/mol. The van der Waals surface area contributed by atoms with Gasteiger partial charge in [0.25, 0.3) is 0 Å². The molecule has 6 nitrogen and oxygen atoms in total. The van der Waals surface area contributed by atoms with Gasteiger partial charge >= 0.3 is 5.97 Å². The van der Waals surface area contributed by atoms with Crippen LogP contribution in [0.15, 0.2) is 0 Å². The first-order valence-electron chi connectivity index (χ1n) is 17.3. The molecule has 1 aromatic rings.